The number of rotatable bonds is 6. The summed E-state index contributed by atoms with van der Waals surface area (Å²) in [6.07, 6.45) is 0. The number of amides is 1. The first-order chi connectivity index (χ1) is 17.9. The number of carbonyl (C=O) groups excluding carboxylic acids is 1. The van der Waals surface area contributed by atoms with E-state index in [0.717, 1.165) is 0 Å². The molecule has 0 saturated carbocycles. The Kier molecular flexibility index (Phi) is 6.35. The summed E-state index contributed by atoms with van der Waals surface area (Å²) >= 11 is 5.29. The molecule has 3 aromatic carbocycles. The summed E-state index contributed by atoms with van der Waals surface area (Å²) in [5.41, 5.74) is 3.01. The number of nitrogens with zero attached hydrogens (tertiary/aromatic N) is 2. The first-order valence-corrected chi connectivity index (χ1v) is 11.3. The number of nitro benzene ring substituents is 1. The van der Waals surface area contributed by atoms with Gasteiger partial charge < -0.3 is 18.9 Å². The summed E-state index contributed by atoms with van der Waals surface area (Å²) in [5.74, 6) is 0.847. The number of nitrogens with one attached hydrogen (secondary N) is 2. The number of aromatic nitrogens is 1. The van der Waals surface area contributed by atoms with E-state index >= 15 is 0 Å². The Balaban J connectivity index is 1.26. The zero-order valence-electron chi connectivity index (χ0n) is 19.3. The molecular weight excluding hydrogens is 496 g/mol. The fourth-order valence-electron chi connectivity index (χ4n) is 3.60. The Hall–Kier alpha value is -5.03. The molecule has 2 aromatic heterocycles. The van der Waals surface area contributed by atoms with Crippen LogP contribution in [0.5, 0.6) is 5.75 Å². The summed E-state index contributed by atoms with van der Waals surface area (Å²) in [6, 6.07) is 21.5. The van der Waals surface area contributed by atoms with E-state index in [1.54, 1.807) is 61.7 Å². The molecule has 37 heavy (non-hydrogen) atoms. The Bertz CT molecular complexity index is 1660. The van der Waals surface area contributed by atoms with Crippen molar-refractivity contribution in [2.24, 2.45) is 0 Å². The molecule has 0 unspecified atom stereocenters. The standard InChI is InChI=1S/C26H18N4O6S/c1-34-19-8-9-22-20(14-19)28-25(36-22)16-5-2-6-17(12-16)27-26(37)29-24(31)23-11-10-21(35-23)15-4-3-7-18(13-15)30(32)33/h2-14H,1H3,(H2,27,29,31,37). The number of benzene rings is 3. The van der Waals surface area contributed by atoms with Gasteiger partial charge in [0.25, 0.3) is 11.6 Å². The third-order valence-corrected chi connectivity index (χ3v) is 5.56. The number of anilines is 1. The zero-order valence-corrected chi connectivity index (χ0v) is 20.1. The molecule has 0 atom stereocenters. The summed E-state index contributed by atoms with van der Waals surface area (Å²) in [5, 5.41) is 16.6. The Labute approximate surface area is 215 Å². The van der Waals surface area contributed by atoms with Gasteiger partial charge in [0.05, 0.1) is 12.0 Å². The molecular formula is C26H18N4O6S. The molecule has 0 aliphatic heterocycles. The molecule has 0 fully saturated rings. The third-order valence-electron chi connectivity index (χ3n) is 5.36. The lowest BCUT2D eigenvalue weighted by molar-refractivity contribution is -0.384. The van der Waals surface area contributed by atoms with Crippen LogP contribution < -0.4 is 15.4 Å². The smallest absolute Gasteiger partial charge is 0.293 e. The minimum absolute atomic E-state index is 0.00121. The van der Waals surface area contributed by atoms with Gasteiger partial charge in [-0.05, 0) is 54.7 Å². The second-order valence-electron chi connectivity index (χ2n) is 7.81. The van der Waals surface area contributed by atoms with Crippen LogP contribution in [0, 0.1) is 10.1 Å². The van der Waals surface area contributed by atoms with Crippen LogP contribution in [-0.2, 0) is 0 Å². The van der Waals surface area contributed by atoms with Crippen molar-refractivity contribution in [2.75, 3.05) is 12.4 Å². The van der Waals surface area contributed by atoms with E-state index in [1.807, 2.05) is 6.07 Å². The van der Waals surface area contributed by atoms with Crippen molar-refractivity contribution in [3.63, 3.8) is 0 Å². The second-order valence-corrected chi connectivity index (χ2v) is 8.22. The number of oxazole rings is 1. The van der Waals surface area contributed by atoms with Crippen molar-refractivity contribution in [2.45, 2.75) is 0 Å². The highest BCUT2D eigenvalue weighted by Crippen LogP contribution is 2.29. The SMILES string of the molecule is COc1ccc2oc(-c3cccc(NC(=S)NC(=O)c4ccc(-c5cccc([N+](=O)[O-])c5)o4)c3)nc2c1. The first-order valence-electron chi connectivity index (χ1n) is 10.9. The summed E-state index contributed by atoms with van der Waals surface area (Å²) in [7, 11) is 1.58. The molecule has 5 rings (SSSR count). The Morgan fingerprint density at radius 1 is 1.00 bits per heavy atom. The lowest BCUT2D eigenvalue weighted by Crippen LogP contribution is -2.33. The summed E-state index contributed by atoms with van der Waals surface area (Å²) in [6.45, 7) is 0. The van der Waals surface area contributed by atoms with Crippen LogP contribution in [0.1, 0.15) is 10.6 Å². The van der Waals surface area contributed by atoms with Gasteiger partial charge in [-0.15, -0.1) is 0 Å². The lowest BCUT2D eigenvalue weighted by Gasteiger charge is -2.09. The molecule has 10 nitrogen and oxygen atoms in total. The molecule has 0 aliphatic rings. The number of thiocarbonyl (C=S) groups is 1. The average molecular weight is 515 g/mol. The predicted molar refractivity (Wildman–Crippen MR) is 140 cm³/mol. The van der Waals surface area contributed by atoms with Crippen LogP contribution in [0.15, 0.2) is 87.7 Å². The van der Waals surface area contributed by atoms with Crippen molar-refractivity contribution >= 4 is 45.7 Å². The number of nitro groups is 1. The van der Waals surface area contributed by atoms with Crippen LogP contribution in [0.2, 0.25) is 0 Å². The third kappa shape index (κ3) is 5.16. The molecule has 2 N–H and O–H groups in total. The number of hydrogen-bond acceptors (Lipinski definition) is 8. The molecule has 0 radical (unpaired) electrons. The van der Waals surface area contributed by atoms with Gasteiger partial charge in [0.1, 0.15) is 17.0 Å². The van der Waals surface area contributed by atoms with E-state index in [1.165, 1.54) is 18.2 Å². The monoisotopic (exact) mass is 514 g/mol. The first kappa shape index (κ1) is 23.7. The van der Waals surface area contributed by atoms with Crippen molar-refractivity contribution < 1.29 is 23.3 Å². The van der Waals surface area contributed by atoms with E-state index in [-0.39, 0.29) is 16.6 Å². The molecule has 5 aromatic rings. The van der Waals surface area contributed by atoms with Gasteiger partial charge in [0, 0.05) is 35.0 Å². The van der Waals surface area contributed by atoms with Crippen LogP contribution in [0.4, 0.5) is 11.4 Å². The zero-order chi connectivity index (χ0) is 25.9. The minimum atomic E-state index is -0.571. The van der Waals surface area contributed by atoms with Crippen molar-refractivity contribution in [3.8, 4) is 28.5 Å². The van der Waals surface area contributed by atoms with Crippen LogP contribution in [-0.4, -0.2) is 28.0 Å². The number of furan rings is 1. The highest BCUT2D eigenvalue weighted by atomic mass is 32.1. The Morgan fingerprint density at radius 2 is 1.81 bits per heavy atom. The molecule has 184 valence electrons. The molecule has 0 bridgehead atoms. The average Bonchev–Trinajstić information content (AvgIpc) is 3.56. The fourth-order valence-corrected chi connectivity index (χ4v) is 3.81. The topological polar surface area (TPSA) is 133 Å². The van der Waals surface area contributed by atoms with Crippen molar-refractivity contribution in [1.29, 1.82) is 0 Å². The molecule has 11 heteroatoms. The predicted octanol–water partition coefficient (Wildman–Crippen LogP) is 5.80. The van der Waals surface area contributed by atoms with E-state index in [0.29, 0.717) is 45.3 Å². The molecule has 0 saturated heterocycles. The number of methoxy groups -OCH3 is 1. The largest absolute Gasteiger partial charge is 0.497 e. The van der Waals surface area contributed by atoms with E-state index < -0.39 is 10.8 Å². The Morgan fingerprint density at radius 3 is 2.62 bits per heavy atom. The van der Waals surface area contributed by atoms with Gasteiger partial charge in [-0.25, -0.2) is 4.98 Å². The van der Waals surface area contributed by atoms with Gasteiger partial charge >= 0.3 is 0 Å². The maximum atomic E-state index is 12.6. The number of fused-ring (bicyclic) bond motifs is 1. The summed E-state index contributed by atoms with van der Waals surface area (Å²) in [4.78, 5) is 27.7. The maximum absolute atomic E-state index is 12.6. The van der Waals surface area contributed by atoms with Crippen molar-refractivity contribution in [1.82, 2.24) is 10.3 Å². The highest BCUT2D eigenvalue weighted by molar-refractivity contribution is 7.80. The van der Waals surface area contributed by atoms with Gasteiger partial charge in [0.15, 0.2) is 16.5 Å². The quantitative estimate of drug-likeness (QED) is 0.164. The molecule has 0 spiro atoms. The minimum Gasteiger partial charge on any atom is -0.497 e. The number of ether oxygens (including phenoxy) is 1. The van der Waals surface area contributed by atoms with Crippen LogP contribution in [0.3, 0.4) is 0 Å². The van der Waals surface area contributed by atoms with E-state index in [4.69, 9.17) is 25.8 Å². The van der Waals surface area contributed by atoms with E-state index in [2.05, 4.69) is 15.6 Å². The van der Waals surface area contributed by atoms with Gasteiger partial charge in [-0.2, -0.15) is 0 Å². The van der Waals surface area contributed by atoms with Gasteiger partial charge in [0.2, 0.25) is 5.89 Å². The fraction of sp³-hybridized carbons (Fsp3) is 0.0385. The molecule has 0 aliphatic carbocycles. The van der Waals surface area contributed by atoms with E-state index in [9.17, 15) is 14.9 Å². The van der Waals surface area contributed by atoms with Gasteiger partial charge in [-0.3, -0.25) is 20.2 Å². The van der Waals surface area contributed by atoms with Gasteiger partial charge in [-0.1, -0.05) is 18.2 Å². The second kappa shape index (κ2) is 9.91. The number of hydrogen-bond donors (Lipinski definition) is 2. The lowest BCUT2D eigenvalue weighted by atomic mass is 10.1. The normalized spacial score (nSPS) is 10.7. The van der Waals surface area contributed by atoms with Crippen LogP contribution in [0.25, 0.3) is 33.9 Å². The molecule has 2 heterocycles. The maximum Gasteiger partial charge on any atom is 0.293 e. The number of non-ortho nitro benzene ring substituents is 1. The molecule has 1 amide bonds. The highest BCUT2D eigenvalue weighted by Gasteiger charge is 2.16. The van der Waals surface area contributed by atoms with Crippen molar-refractivity contribution in [3.05, 3.63) is 94.7 Å². The number of carbonyl (C=O) groups is 1. The van der Waals surface area contributed by atoms with Crippen LogP contribution >= 0.6 is 12.2 Å². The summed E-state index contributed by atoms with van der Waals surface area (Å²) < 4.78 is 16.7.